The van der Waals surface area contributed by atoms with Crippen molar-refractivity contribution in [2.75, 3.05) is 18.4 Å². The van der Waals surface area contributed by atoms with Crippen LogP contribution in [0, 0.1) is 0 Å². The molecule has 1 saturated heterocycles. The van der Waals surface area contributed by atoms with Crippen LogP contribution in [0.4, 0.5) is 10.5 Å². The number of likely N-dealkylation sites (tertiary alicyclic amines) is 1. The Morgan fingerprint density at radius 2 is 2.23 bits per heavy atom. The van der Waals surface area contributed by atoms with Gasteiger partial charge < -0.3 is 14.7 Å². The first-order valence-corrected chi connectivity index (χ1v) is 7.55. The number of benzene rings is 1. The molecule has 1 aromatic carbocycles. The van der Waals surface area contributed by atoms with E-state index in [1.165, 1.54) is 0 Å². The molecule has 7 heteroatoms. The summed E-state index contributed by atoms with van der Waals surface area (Å²) >= 11 is 5.89. The van der Waals surface area contributed by atoms with E-state index in [0.29, 0.717) is 35.5 Å². The van der Waals surface area contributed by atoms with Crippen molar-refractivity contribution in [1.29, 1.82) is 0 Å². The smallest absolute Gasteiger partial charge is 0.321 e. The van der Waals surface area contributed by atoms with Gasteiger partial charge in [-0.1, -0.05) is 36.7 Å². The summed E-state index contributed by atoms with van der Waals surface area (Å²) in [7, 11) is 0. The van der Waals surface area contributed by atoms with Crippen molar-refractivity contribution in [1.82, 2.24) is 15.0 Å². The van der Waals surface area contributed by atoms with Gasteiger partial charge in [0.15, 0.2) is 5.82 Å². The molecule has 1 aliphatic heterocycles. The maximum absolute atomic E-state index is 12.1. The second-order valence-electron chi connectivity index (χ2n) is 5.69. The van der Waals surface area contributed by atoms with Crippen molar-refractivity contribution in [3.8, 4) is 0 Å². The predicted octanol–water partition coefficient (Wildman–Crippen LogP) is 3.48. The number of hydrogen-bond donors (Lipinski definition) is 1. The lowest BCUT2D eigenvalue weighted by atomic mass is 10.0. The molecule has 2 heterocycles. The molecule has 1 aliphatic rings. The topological polar surface area (TPSA) is 71.3 Å². The Bertz CT molecular complexity index is 680. The van der Waals surface area contributed by atoms with Crippen molar-refractivity contribution in [2.24, 2.45) is 0 Å². The Morgan fingerprint density at radius 1 is 1.45 bits per heavy atom. The van der Waals surface area contributed by atoms with Gasteiger partial charge in [-0.05, 0) is 18.2 Å². The number of aromatic nitrogens is 2. The van der Waals surface area contributed by atoms with Gasteiger partial charge in [-0.2, -0.15) is 4.98 Å². The van der Waals surface area contributed by atoms with E-state index in [1.54, 1.807) is 29.2 Å². The van der Waals surface area contributed by atoms with Crippen LogP contribution in [0.25, 0.3) is 0 Å². The highest BCUT2D eigenvalue weighted by Crippen LogP contribution is 2.27. The Morgan fingerprint density at radius 3 is 2.86 bits per heavy atom. The average Bonchev–Trinajstić information content (AvgIpc) is 2.86. The van der Waals surface area contributed by atoms with Gasteiger partial charge in [0.05, 0.1) is 5.92 Å². The standard InChI is InChI=1S/C15H17ClN4O2/c1-9(2)13-18-14(22-19-13)10-7-20(8-10)15(21)17-12-5-3-4-11(16)6-12/h3-6,9-10H,7-8H2,1-2H3,(H,17,21). The minimum absolute atomic E-state index is 0.116. The van der Waals surface area contributed by atoms with Gasteiger partial charge in [0, 0.05) is 29.7 Å². The van der Waals surface area contributed by atoms with Crippen molar-refractivity contribution >= 4 is 23.3 Å². The third-order valence-corrected chi connectivity index (χ3v) is 3.80. The van der Waals surface area contributed by atoms with Crippen molar-refractivity contribution in [3.63, 3.8) is 0 Å². The first-order chi connectivity index (χ1) is 10.5. The fraction of sp³-hybridized carbons (Fsp3) is 0.400. The van der Waals surface area contributed by atoms with Crippen molar-refractivity contribution in [3.05, 3.63) is 41.0 Å². The molecule has 1 N–H and O–H groups in total. The van der Waals surface area contributed by atoms with Crippen LogP contribution in [0.1, 0.15) is 37.4 Å². The monoisotopic (exact) mass is 320 g/mol. The second kappa shape index (κ2) is 5.96. The minimum atomic E-state index is -0.151. The van der Waals surface area contributed by atoms with Gasteiger partial charge in [0.1, 0.15) is 0 Å². The molecule has 0 bridgehead atoms. The molecule has 2 aromatic rings. The molecule has 1 aromatic heterocycles. The zero-order valence-corrected chi connectivity index (χ0v) is 13.2. The van der Waals surface area contributed by atoms with E-state index in [9.17, 15) is 4.79 Å². The summed E-state index contributed by atoms with van der Waals surface area (Å²) in [5, 5.41) is 7.35. The SMILES string of the molecule is CC(C)c1noc(C2CN(C(=O)Nc3cccc(Cl)c3)C2)n1. The number of urea groups is 1. The molecule has 116 valence electrons. The van der Waals surface area contributed by atoms with E-state index in [4.69, 9.17) is 16.1 Å². The number of carbonyl (C=O) groups excluding carboxylic acids is 1. The number of hydrogen-bond acceptors (Lipinski definition) is 4. The van der Waals surface area contributed by atoms with Crippen LogP contribution in [0.5, 0.6) is 0 Å². The highest BCUT2D eigenvalue weighted by atomic mass is 35.5. The van der Waals surface area contributed by atoms with Gasteiger partial charge >= 0.3 is 6.03 Å². The van der Waals surface area contributed by atoms with E-state index in [-0.39, 0.29) is 17.9 Å². The zero-order valence-electron chi connectivity index (χ0n) is 12.4. The fourth-order valence-electron chi connectivity index (χ4n) is 2.22. The molecule has 0 spiro atoms. The molecule has 2 amide bonds. The van der Waals surface area contributed by atoms with Crippen LogP contribution >= 0.6 is 11.6 Å². The van der Waals surface area contributed by atoms with Gasteiger partial charge in [-0.25, -0.2) is 4.79 Å². The molecule has 0 saturated carbocycles. The first-order valence-electron chi connectivity index (χ1n) is 7.18. The van der Waals surface area contributed by atoms with Crippen LogP contribution in [-0.4, -0.2) is 34.2 Å². The maximum Gasteiger partial charge on any atom is 0.321 e. The summed E-state index contributed by atoms with van der Waals surface area (Å²) in [5.41, 5.74) is 0.681. The third kappa shape index (κ3) is 3.06. The lowest BCUT2D eigenvalue weighted by molar-refractivity contribution is 0.147. The zero-order chi connectivity index (χ0) is 15.7. The number of rotatable bonds is 3. The molecule has 0 atom stereocenters. The number of halogens is 1. The number of carbonyl (C=O) groups is 1. The van der Waals surface area contributed by atoms with Crippen LogP contribution in [0.3, 0.4) is 0 Å². The number of nitrogens with zero attached hydrogens (tertiary/aromatic N) is 3. The minimum Gasteiger partial charge on any atom is -0.339 e. The summed E-state index contributed by atoms with van der Waals surface area (Å²) in [4.78, 5) is 18.2. The van der Waals surface area contributed by atoms with Gasteiger partial charge in [0.25, 0.3) is 0 Å². The lowest BCUT2D eigenvalue weighted by Crippen LogP contribution is -2.50. The fourth-order valence-corrected chi connectivity index (χ4v) is 2.41. The Hall–Kier alpha value is -2.08. The largest absolute Gasteiger partial charge is 0.339 e. The highest BCUT2D eigenvalue weighted by molar-refractivity contribution is 6.30. The van der Waals surface area contributed by atoms with Crippen LogP contribution in [-0.2, 0) is 0 Å². The Labute approximate surface area is 133 Å². The Balaban J connectivity index is 1.55. The van der Waals surface area contributed by atoms with E-state index >= 15 is 0 Å². The molecular formula is C15H17ClN4O2. The van der Waals surface area contributed by atoms with Gasteiger partial charge in [-0.3, -0.25) is 0 Å². The van der Waals surface area contributed by atoms with E-state index in [1.807, 2.05) is 13.8 Å². The van der Waals surface area contributed by atoms with E-state index in [2.05, 4.69) is 15.5 Å². The summed E-state index contributed by atoms with van der Waals surface area (Å²) in [6.45, 7) is 5.18. The summed E-state index contributed by atoms with van der Waals surface area (Å²) < 4.78 is 5.26. The third-order valence-electron chi connectivity index (χ3n) is 3.57. The van der Waals surface area contributed by atoms with Crippen LogP contribution in [0.2, 0.25) is 5.02 Å². The molecule has 22 heavy (non-hydrogen) atoms. The van der Waals surface area contributed by atoms with E-state index in [0.717, 1.165) is 0 Å². The number of anilines is 1. The average molecular weight is 321 g/mol. The number of amides is 2. The molecular weight excluding hydrogens is 304 g/mol. The second-order valence-corrected chi connectivity index (χ2v) is 6.12. The molecule has 6 nitrogen and oxygen atoms in total. The van der Waals surface area contributed by atoms with Crippen molar-refractivity contribution in [2.45, 2.75) is 25.7 Å². The summed E-state index contributed by atoms with van der Waals surface area (Å²) in [6, 6.07) is 6.92. The molecule has 1 fully saturated rings. The van der Waals surface area contributed by atoms with Crippen LogP contribution in [0.15, 0.2) is 28.8 Å². The number of nitrogens with one attached hydrogen (secondary N) is 1. The molecule has 3 rings (SSSR count). The molecule has 0 aliphatic carbocycles. The highest BCUT2D eigenvalue weighted by Gasteiger charge is 2.35. The maximum atomic E-state index is 12.1. The summed E-state index contributed by atoms with van der Waals surface area (Å²) in [5.74, 6) is 1.66. The first kappa shape index (κ1) is 14.8. The lowest BCUT2D eigenvalue weighted by Gasteiger charge is -2.36. The molecule has 0 unspecified atom stereocenters. The Kier molecular flexibility index (Phi) is 4.02. The normalized spacial score (nSPS) is 15.0. The summed E-state index contributed by atoms with van der Waals surface area (Å²) in [6.07, 6.45) is 0. The molecule has 0 radical (unpaired) electrons. The van der Waals surface area contributed by atoms with Crippen LogP contribution < -0.4 is 5.32 Å². The quantitative estimate of drug-likeness (QED) is 0.939. The predicted molar refractivity (Wildman–Crippen MR) is 83.2 cm³/mol. The van der Waals surface area contributed by atoms with E-state index < -0.39 is 0 Å². The van der Waals surface area contributed by atoms with Gasteiger partial charge in [-0.15, -0.1) is 0 Å². The van der Waals surface area contributed by atoms with Gasteiger partial charge in [0.2, 0.25) is 5.89 Å². The van der Waals surface area contributed by atoms with Crippen molar-refractivity contribution < 1.29 is 9.32 Å².